The highest BCUT2D eigenvalue weighted by atomic mass is 32.2. The lowest BCUT2D eigenvalue weighted by Gasteiger charge is -2.09. The van der Waals surface area contributed by atoms with Gasteiger partial charge in [-0.2, -0.15) is 18.4 Å². The van der Waals surface area contributed by atoms with E-state index in [0.717, 1.165) is 5.56 Å². The zero-order chi connectivity index (χ0) is 18.4. The minimum Gasteiger partial charge on any atom is -0.504 e. The van der Waals surface area contributed by atoms with Gasteiger partial charge in [-0.15, -0.1) is 0 Å². The lowest BCUT2D eigenvalue weighted by molar-refractivity contribution is 0.318. The Hall–Kier alpha value is -2.74. The molecule has 0 saturated carbocycles. The van der Waals surface area contributed by atoms with Crippen molar-refractivity contribution in [3.05, 3.63) is 47.5 Å². The van der Waals surface area contributed by atoms with Crippen LogP contribution in [0.5, 0.6) is 17.2 Å². The van der Waals surface area contributed by atoms with Crippen molar-refractivity contribution >= 4 is 16.2 Å². The van der Waals surface area contributed by atoms with Gasteiger partial charge in [0.2, 0.25) is 0 Å². The first-order chi connectivity index (χ1) is 11.9. The largest absolute Gasteiger partial charge is 0.504 e. The van der Waals surface area contributed by atoms with Crippen LogP contribution in [0.4, 0.5) is 0 Å². The van der Waals surface area contributed by atoms with Gasteiger partial charge in [0.1, 0.15) is 10.6 Å². The number of phenols is 1. The van der Waals surface area contributed by atoms with Crippen LogP contribution in [-0.4, -0.2) is 33.5 Å². The van der Waals surface area contributed by atoms with Crippen LogP contribution in [0.15, 0.2) is 46.4 Å². The molecule has 0 fully saturated rings. The van der Waals surface area contributed by atoms with Crippen molar-refractivity contribution in [2.45, 2.75) is 18.7 Å². The second kappa shape index (κ2) is 7.89. The van der Waals surface area contributed by atoms with Crippen LogP contribution < -0.4 is 14.3 Å². The summed E-state index contributed by atoms with van der Waals surface area (Å²) in [6, 6.07) is 9.44. The smallest absolute Gasteiger partial charge is 0.280 e. The maximum absolute atomic E-state index is 12.4. The maximum Gasteiger partial charge on any atom is 0.280 e. The number of methoxy groups -OCH3 is 1. The third-order valence-corrected chi connectivity index (χ3v) is 4.52. The highest BCUT2D eigenvalue weighted by Gasteiger charge is 2.18. The molecule has 2 aromatic carbocycles. The predicted octanol–water partition coefficient (Wildman–Crippen LogP) is 2.42. The summed E-state index contributed by atoms with van der Waals surface area (Å²) in [7, 11) is -2.48. The number of aryl methyl sites for hydroxylation is 1. The molecule has 0 bridgehead atoms. The number of hydrazone groups is 1. The van der Waals surface area contributed by atoms with Crippen LogP contribution in [0.1, 0.15) is 18.1 Å². The standard InChI is InChI=1S/C17H20N2O5S/c1-4-24-16-10-13(6-7-14(16)20)11-18-19-25(21,22)17-9-12(2)5-8-15(17)23-3/h5-11,19-20H,4H2,1-3H3/b18-11+. The number of hydrogen-bond acceptors (Lipinski definition) is 6. The Kier molecular flexibility index (Phi) is 5.87. The van der Waals surface area contributed by atoms with Gasteiger partial charge in [-0.25, -0.2) is 0 Å². The molecule has 0 aliphatic heterocycles. The van der Waals surface area contributed by atoms with E-state index in [9.17, 15) is 13.5 Å². The van der Waals surface area contributed by atoms with E-state index in [1.54, 1.807) is 38.1 Å². The van der Waals surface area contributed by atoms with Crippen LogP contribution in [0, 0.1) is 6.92 Å². The van der Waals surface area contributed by atoms with E-state index >= 15 is 0 Å². The molecule has 2 N–H and O–H groups in total. The van der Waals surface area contributed by atoms with Gasteiger partial charge >= 0.3 is 0 Å². The first kappa shape index (κ1) is 18.6. The SMILES string of the molecule is CCOc1cc(/C=N/NS(=O)(=O)c2cc(C)ccc2OC)ccc1O. The van der Waals surface area contributed by atoms with Crippen molar-refractivity contribution in [2.24, 2.45) is 5.10 Å². The molecule has 8 heteroatoms. The van der Waals surface area contributed by atoms with E-state index in [0.29, 0.717) is 17.9 Å². The molecule has 0 heterocycles. The van der Waals surface area contributed by atoms with Crippen molar-refractivity contribution in [3.8, 4) is 17.2 Å². The molecule has 134 valence electrons. The Morgan fingerprint density at radius 2 is 1.96 bits per heavy atom. The molecule has 0 aliphatic carbocycles. The second-order valence-electron chi connectivity index (χ2n) is 5.17. The molecular weight excluding hydrogens is 344 g/mol. The highest BCUT2D eigenvalue weighted by Crippen LogP contribution is 2.26. The number of rotatable bonds is 7. The summed E-state index contributed by atoms with van der Waals surface area (Å²) >= 11 is 0. The van der Waals surface area contributed by atoms with Crippen molar-refractivity contribution in [3.63, 3.8) is 0 Å². The van der Waals surface area contributed by atoms with Crippen LogP contribution in [-0.2, 0) is 10.0 Å². The fourth-order valence-electron chi connectivity index (χ4n) is 2.10. The van der Waals surface area contributed by atoms with Crippen LogP contribution in [0.2, 0.25) is 0 Å². The van der Waals surface area contributed by atoms with E-state index in [1.807, 2.05) is 0 Å². The molecule has 0 radical (unpaired) electrons. The van der Waals surface area contributed by atoms with Gasteiger partial charge in [-0.05, 0) is 55.3 Å². The number of aromatic hydroxyl groups is 1. The summed E-state index contributed by atoms with van der Waals surface area (Å²) in [6.07, 6.45) is 1.32. The van der Waals surface area contributed by atoms with Crippen LogP contribution in [0.3, 0.4) is 0 Å². The first-order valence-electron chi connectivity index (χ1n) is 7.52. The van der Waals surface area contributed by atoms with Gasteiger partial charge in [0.05, 0.1) is 19.9 Å². The van der Waals surface area contributed by atoms with E-state index < -0.39 is 10.0 Å². The van der Waals surface area contributed by atoms with Crippen LogP contribution >= 0.6 is 0 Å². The molecule has 0 aliphatic rings. The van der Waals surface area contributed by atoms with Gasteiger partial charge in [-0.1, -0.05) is 6.07 Å². The number of sulfonamides is 1. The molecule has 25 heavy (non-hydrogen) atoms. The van der Waals surface area contributed by atoms with Gasteiger partial charge in [-0.3, -0.25) is 0 Å². The number of phenolic OH excluding ortho intramolecular Hbond substituents is 1. The predicted molar refractivity (Wildman–Crippen MR) is 94.9 cm³/mol. The molecule has 2 rings (SSSR count). The highest BCUT2D eigenvalue weighted by molar-refractivity contribution is 7.89. The molecular formula is C17H20N2O5S. The van der Waals surface area contributed by atoms with Crippen LogP contribution in [0.25, 0.3) is 0 Å². The van der Waals surface area contributed by atoms with E-state index in [1.165, 1.54) is 25.5 Å². The Balaban J connectivity index is 2.21. The van der Waals surface area contributed by atoms with E-state index in [4.69, 9.17) is 9.47 Å². The average molecular weight is 364 g/mol. The quantitative estimate of drug-likeness (QED) is 0.581. The molecule has 0 unspecified atom stereocenters. The Bertz CT molecular complexity index is 879. The monoisotopic (exact) mass is 364 g/mol. The first-order valence-corrected chi connectivity index (χ1v) is 9.01. The second-order valence-corrected chi connectivity index (χ2v) is 6.80. The zero-order valence-corrected chi connectivity index (χ0v) is 15.0. The Morgan fingerprint density at radius 1 is 1.20 bits per heavy atom. The molecule has 7 nitrogen and oxygen atoms in total. The summed E-state index contributed by atoms with van der Waals surface area (Å²) in [4.78, 5) is 2.16. The van der Waals surface area contributed by atoms with Crippen molar-refractivity contribution < 1.29 is 23.0 Å². The normalized spacial score (nSPS) is 11.5. The number of nitrogens with zero attached hydrogens (tertiary/aromatic N) is 1. The van der Waals surface area contributed by atoms with Gasteiger partial charge < -0.3 is 14.6 Å². The molecule has 0 spiro atoms. The molecule has 0 atom stereocenters. The summed E-state index contributed by atoms with van der Waals surface area (Å²) in [5.74, 6) is 0.537. The van der Waals surface area contributed by atoms with Crippen molar-refractivity contribution in [1.29, 1.82) is 0 Å². The zero-order valence-electron chi connectivity index (χ0n) is 14.2. The molecule has 2 aromatic rings. The van der Waals surface area contributed by atoms with Gasteiger partial charge in [0.25, 0.3) is 10.0 Å². The summed E-state index contributed by atoms with van der Waals surface area (Å²) < 4.78 is 35.2. The molecule has 0 amide bonds. The third kappa shape index (κ3) is 4.63. The average Bonchev–Trinajstić information content (AvgIpc) is 2.58. The molecule has 0 aromatic heterocycles. The van der Waals surface area contributed by atoms with Gasteiger partial charge in [0.15, 0.2) is 11.5 Å². The number of nitrogens with one attached hydrogen (secondary N) is 1. The Labute approximate surface area is 147 Å². The number of hydrogen-bond donors (Lipinski definition) is 2. The number of ether oxygens (including phenoxy) is 2. The van der Waals surface area contributed by atoms with Gasteiger partial charge in [0, 0.05) is 0 Å². The summed E-state index contributed by atoms with van der Waals surface area (Å²) in [6.45, 7) is 3.98. The Morgan fingerprint density at radius 3 is 2.64 bits per heavy atom. The third-order valence-electron chi connectivity index (χ3n) is 3.28. The minimum absolute atomic E-state index is 0.00378. The maximum atomic E-state index is 12.4. The topological polar surface area (TPSA) is 97.2 Å². The minimum atomic E-state index is -3.88. The summed E-state index contributed by atoms with van der Waals surface area (Å²) in [5, 5.41) is 13.4. The number of benzene rings is 2. The summed E-state index contributed by atoms with van der Waals surface area (Å²) in [5.41, 5.74) is 1.35. The molecule has 0 saturated heterocycles. The lowest BCUT2D eigenvalue weighted by Crippen LogP contribution is -2.19. The van der Waals surface area contributed by atoms with E-state index in [2.05, 4.69) is 9.93 Å². The van der Waals surface area contributed by atoms with Crippen molar-refractivity contribution in [2.75, 3.05) is 13.7 Å². The van der Waals surface area contributed by atoms with E-state index in [-0.39, 0.29) is 16.4 Å². The van der Waals surface area contributed by atoms with Crippen molar-refractivity contribution in [1.82, 2.24) is 4.83 Å². The lowest BCUT2D eigenvalue weighted by atomic mass is 10.2. The fourth-order valence-corrected chi connectivity index (χ4v) is 3.14. The fraction of sp³-hybridized carbons (Fsp3) is 0.235.